The molecule has 0 aromatic heterocycles. The topological polar surface area (TPSA) is 72.6 Å². The van der Waals surface area contributed by atoms with Crippen LogP contribution in [0, 0.1) is 10.1 Å². The fourth-order valence-electron chi connectivity index (χ4n) is 1.95. The number of halogens is 1. The number of nitro benzene ring substituents is 1. The van der Waals surface area contributed by atoms with E-state index in [2.05, 4.69) is 15.9 Å². The fraction of sp³-hybridized carbons (Fsp3) is 0.455. The molecule has 0 amide bonds. The van der Waals surface area contributed by atoms with Gasteiger partial charge in [-0.2, -0.15) is 0 Å². The van der Waals surface area contributed by atoms with Gasteiger partial charge in [-0.1, -0.05) is 6.07 Å². The van der Waals surface area contributed by atoms with Gasteiger partial charge < -0.3 is 9.84 Å². The highest BCUT2D eigenvalue weighted by atomic mass is 79.9. The Kier molecular flexibility index (Phi) is 3.63. The maximum atomic E-state index is 10.9. The molecule has 1 aliphatic rings. The summed E-state index contributed by atoms with van der Waals surface area (Å²) in [6.45, 7) is 0. The highest BCUT2D eigenvalue weighted by Crippen LogP contribution is 2.37. The number of hydrogen-bond acceptors (Lipinski definition) is 4. The summed E-state index contributed by atoms with van der Waals surface area (Å²) in [6.07, 6.45) is 1.39. The van der Waals surface area contributed by atoms with Crippen LogP contribution < -0.4 is 4.74 Å². The maximum Gasteiger partial charge on any atom is 0.312 e. The molecule has 17 heavy (non-hydrogen) atoms. The molecular formula is C11H12BrNO4. The number of para-hydroxylation sites is 1. The van der Waals surface area contributed by atoms with Crippen molar-refractivity contribution >= 4 is 21.6 Å². The molecule has 0 saturated heterocycles. The Bertz CT molecular complexity index is 437. The number of hydrogen-bond donors (Lipinski definition) is 1. The summed E-state index contributed by atoms with van der Waals surface area (Å²) < 4.78 is 6.11. The molecule has 92 valence electrons. The van der Waals surface area contributed by atoms with Crippen LogP contribution in [-0.2, 0) is 0 Å². The minimum Gasteiger partial charge on any atom is -0.480 e. The van der Waals surface area contributed by atoms with Crippen LogP contribution >= 0.6 is 15.9 Å². The normalized spacial score (nSPS) is 23.6. The molecule has 1 saturated carbocycles. The van der Waals surface area contributed by atoms with Crippen LogP contribution in [0.15, 0.2) is 22.7 Å². The Morgan fingerprint density at radius 1 is 1.47 bits per heavy atom. The maximum absolute atomic E-state index is 10.9. The first-order valence-electron chi connectivity index (χ1n) is 5.37. The zero-order valence-electron chi connectivity index (χ0n) is 9.01. The van der Waals surface area contributed by atoms with Crippen LogP contribution in [0.5, 0.6) is 5.75 Å². The van der Waals surface area contributed by atoms with E-state index in [0.717, 1.165) is 12.8 Å². The Morgan fingerprint density at radius 3 is 2.82 bits per heavy atom. The second kappa shape index (κ2) is 5.01. The van der Waals surface area contributed by atoms with Crippen molar-refractivity contribution in [1.29, 1.82) is 0 Å². The summed E-state index contributed by atoms with van der Waals surface area (Å²) in [5.41, 5.74) is -0.0847. The first kappa shape index (κ1) is 12.3. The van der Waals surface area contributed by atoms with E-state index in [-0.39, 0.29) is 17.5 Å². The van der Waals surface area contributed by atoms with E-state index in [1.807, 2.05) is 0 Å². The molecule has 0 spiro atoms. The number of nitrogens with zero attached hydrogens (tertiary/aromatic N) is 1. The predicted molar refractivity (Wildman–Crippen MR) is 65.1 cm³/mol. The van der Waals surface area contributed by atoms with Crippen LogP contribution in [0.3, 0.4) is 0 Å². The van der Waals surface area contributed by atoms with Crippen molar-refractivity contribution in [1.82, 2.24) is 0 Å². The van der Waals surface area contributed by atoms with Crippen molar-refractivity contribution in [2.45, 2.75) is 31.5 Å². The standard InChI is InChI=1S/C11H12BrNO4/c12-7-3-1-4-8(13(15)16)11(7)17-10-6-2-5-9(10)14/h1,3-4,9-10,14H,2,5-6H2. The van der Waals surface area contributed by atoms with E-state index in [1.165, 1.54) is 6.07 Å². The van der Waals surface area contributed by atoms with Gasteiger partial charge in [0.1, 0.15) is 6.10 Å². The van der Waals surface area contributed by atoms with E-state index >= 15 is 0 Å². The number of aliphatic hydroxyl groups excluding tert-OH is 1. The van der Waals surface area contributed by atoms with E-state index < -0.39 is 11.0 Å². The van der Waals surface area contributed by atoms with Crippen LogP contribution in [0.1, 0.15) is 19.3 Å². The number of benzene rings is 1. The van der Waals surface area contributed by atoms with Crippen LogP contribution in [0.25, 0.3) is 0 Å². The minimum atomic E-state index is -0.540. The van der Waals surface area contributed by atoms with Gasteiger partial charge >= 0.3 is 5.69 Å². The smallest absolute Gasteiger partial charge is 0.312 e. The number of ether oxygens (including phenoxy) is 1. The molecule has 0 bridgehead atoms. The second-order valence-electron chi connectivity index (χ2n) is 4.00. The molecule has 2 rings (SSSR count). The van der Waals surface area contributed by atoms with Gasteiger partial charge in [0.15, 0.2) is 0 Å². The van der Waals surface area contributed by atoms with Crippen LogP contribution in [-0.4, -0.2) is 22.2 Å². The number of rotatable bonds is 3. The van der Waals surface area contributed by atoms with Crippen molar-refractivity contribution in [3.8, 4) is 5.75 Å². The molecule has 1 aromatic carbocycles. The Labute approximate surface area is 107 Å². The molecular weight excluding hydrogens is 290 g/mol. The third kappa shape index (κ3) is 2.58. The Balaban J connectivity index is 2.27. The van der Waals surface area contributed by atoms with Crippen LogP contribution in [0.2, 0.25) is 0 Å². The van der Waals surface area contributed by atoms with Gasteiger partial charge in [0.2, 0.25) is 5.75 Å². The zero-order valence-corrected chi connectivity index (χ0v) is 10.6. The van der Waals surface area contributed by atoms with Gasteiger partial charge in [-0.15, -0.1) is 0 Å². The van der Waals surface area contributed by atoms with E-state index in [0.29, 0.717) is 10.9 Å². The third-order valence-corrected chi connectivity index (χ3v) is 3.45. The van der Waals surface area contributed by atoms with Crippen LogP contribution in [0.4, 0.5) is 5.69 Å². The highest BCUT2D eigenvalue weighted by Gasteiger charge is 2.30. The van der Waals surface area contributed by atoms with E-state index in [9.17, 15) is 15.2 Å². The van der Waals surface area contributed by atoms with Crippen molar-refractivity contribution in [3.05, 3.63) is 32.8 Å². The summed E-state index contributed by atoms with van der Waals surface area (Å²) in [7, 11) is 0. The molecule has 1 aliphatic carbocycles. The van der Waals surface area contributed by atoms with Gasteiger partial charge in [-0.05, 0) is 41.3 Å². The summed E-state index contributed by atoms with van der Waals surface area (Å²) in [6, 6.07) is 4.66. The summed E-state index contributed by atoms with van der Waals surface area (Å²) in [5, 5.41) is 20.5. The van der Waals surface area contributed by atoms with Crippen molar-refractivity contribution in [2.75, 3.05) is 0 Å². The quantitative estimate of drug-likeness (QED) is 0.688. The second-order valence-corrected chi connectivity index (χ2v) is 4.85. The first-order valence-corrected chi connectivity index (χ1v) is 6.16. The lowest BCUT2D eigenvalue weighted by Gasteiger charge is -2.17. The van der Waals surface area contributed by atoms with Gasteiger partial charge in [0.05, 0.1) is 15.5 Å². The van der Waals surface area contributed by atoms with E-state index in [1.54, 1.807) is 12.1 Å². The fourth-order valence-corrected chi connectivity index (χ4v) is 2.40. The lowest BCUT2D eigenvalue weighted by atomic mass is 10.2. The molecule has 1 aromatic rings. The number of nitro groups is 1. The van der Waals surface area contributed by atoms with Gasteiger partial charge in [0.25, 0.3) is 0 Å². The van der Waals surface area contributed by atoms with E-state index in [4.69, 9.17) is 4.74 Å². The molecule has 2 unspecified atom stereocenters. The molecule has 0 heterocycles. The SMILES string of the molecule is O=[N+]([O-])c1cccc(Br)c1OC1CCCC1O. The average molecular weight is 302 g/mol. The third-order valence-electron chi connectivity index (χ3n) is 2.83. The molecule has 1 fully saturated rings. The lowest BCUT2D eigenvalue weighted by Crippen LogP contribution is -2.26. The molecule has 0 radical (unpaired) electrons. The van der Waals surface area contributed by atoms with Crippen molar-refractivity contribution < 1.29 is 14.8 Å². The largest absolute Gasteiger partial charge is 0.480 e. The summed E-state index contributed by atoms with van der Waals surface area (Å²) in [5.74, 6) is 0.198. The van der Waals surface area contributed by atoms with Gasteiger partial charge in [0, 0.05) is 6.07 Å². The van der Waals surface area contributed by atoms with Crippen molar-refractivity contribution in [2.24, 2.45) is 0 Å². The number of aliphatic hydroxyl groups is 1. The Hall–Kier alpha value is -1.14. The summed E-state index contributed by atoms with van der Waals surface area (Å²) in [4.78, 5) is 10.4. The van der Waals surface area contributed by atoms with Crippen molar-refractivity contribution in [3.63, 3.8) is 0 Å². The molecule has 5 nitrogen and oxygen atoms in total. The van der Waals surface area contributed by atoms with Gasteiger partial charge in [-0.3, -0.25) is 10.1 Å². The predicted octanol–water partition coefficient (Wildman–Crippen LogP) is 2.65. The molecule has 2 atom stereocenters. The average Bonchev–Trinajstić information content (AvgIpc) is 2.67. The first-order chi connectivity index (χ1) is 8.09. The summed E-state index contributed by atoms with van der Waals surface area (Å²) >= 11 is 3.23. The monoisotopic (exact) mass is 301 g/mol. The molecule has 0 aliphatic heterocycles. The molecule has 1 N–H and O–H groups in total. The zero-order chi connectivity index (χ0) is 12.4. The lowest BCUT2D eigenvalue weighted by molar-refractivity contribution is -0.386. The molecule has 6 heteroatoms. The Morgan fingerprint density at radius 2 is 2.24 bits per heavy atom. The minimum absolute atomic E-state index is 0.0847. The highest BCUT2D eigenvalue weighted by molar-refractivity contribution is 9.10. The van der Waals surface area contributed by atoms with Gasteiger partial charge in [-0.25, -0.2) is 0 Å².